The first-order valence-corrected chi connectivity index (χ1v) is 11.6. The van der Waals surface area contributed by atoms with Crippen LogP contribution in [0.2, 0.25) is 0 Å². The van der Waals surface area contributed by atoms with Crippen molar-refractivity contribution < 1.29 is 24.2 Å². The highest BCUT2D eigenvalue weighted by molar-refractivity contribution is 5.92. The molecule has 0 bridgehead atoms. The molecule has 2 rings (SSSR count). The first-order chi connectivity index (χ1) is 16.2. The fraction of sp³-hybridized carbons (Fsp3) is 0.444. The summed E-state index contributed by atoms with van der Waals surface area (Å²) in [5, 5.41) is 15.6. The smallest absolute Gasteiger partial charge is 0.408 e. The van der Waals surface area contributed by atoms with Crippen molar-refractivity contribution in [3.05, 3.63) is 65.7 Å². The van der Waals surface area contributed by atoms with Gasteiger partial charge in [-0.2, -0.15) is 0 Å². The molecule has 3 N–H and O–H groups in total. The van der Waals surface area contributed by atoms with E-state index in [0.29, 0.717) is 5.56 Å². The van der Waals surface area contributed by atoms with E-state index < -0.39 is 41.1 Å². The lowest BCUT2D eigenvalue weighted by molar-refractivity contribution is -0.141. The van der Waals surface area contributed by atoms with E-state index in [1.807, 2.05) is 51.1 Å². The van der Waals surface area contributed by atoms with Crippen LogP contribution in [0.15, 0.2) is 54.6 Å². The van der Waals surface area contributed by atoms with Crippen LogP contribution in [0.5, 0.6) is 5.75 Å². The molecule has 3 amide bonds. The minimum absolute atomic E-state index is 0.0235. The number of carbonyl (C=O) groups is 3. The molecule has 190 valence electrons. The molecule has 2 atom stereocenters. The SMILES string of the molecule is CN(C(=O)C(Cc1ccccc1)NC(=O)OC(C)(C)C)C(C(=O)NC(C)(C)C)c1cccc(O)c1. The average Bonchev–Trinajstić information content (AvgIpc) is 2.71. The van der Waals surface area contributed by atoms with Gasteiger partial charge in [0.1, 0.15) is 23.4 Å². The van der Waals surface area contributed by atoms with Crippen LogP contribution < -0.4 is 10.6 Å². The Balaban J connectivity index is 2.41. The van der Waals surface area contributed by atoms with Gasteiger partial charge in [-0.3, -0.25) is 9.59 Å². The second kappa shape index (κ2) is 11.3. The van der Waals surface area contributed by atoms with Crippen molar-refractivity contribution >= 4 is 17.9 Å². The number of rotatable bonds is 7. The number of amides is 3. The summed E-state index contributed by atoms with van der Waals surface area (Å²) in [5.41, 5.74) is -0.0111. The summed E-state index contributed by atoms with van der Waals surface area (Å²) in [6, 6.07) is 13.5. The summed E-state index contributed by atoms with van der Waals surface area (Å²) in [6.07, 6.45) is -0.523. The molecule has 2 unspecified atom stereocenters. The zero-order valence-corrected chi connectivity index (χ0v) is 21.6. The molecule has 2 aromatic carbocycles. The Morgan fingerprint density at radius 1 is 0.971 bits per heavy atom. The van der Waals surface area contributed by atoms with Gasteiger partial charge in [-0.1, -0.05) is 42.5 Å². The maximum Gasteiger partial charge on any atom is 0.408 e. The topological polar surface area (TPSA) is 108 Å². The summed E-state index contributed by atoms with van der Waals surface area (Å²) in [6.45, 7) is 10.7. The zero-order chi connectivity index (χ0) is 26.4. The molecule has 0 aliphatic heterocycles. The quantitative estimate of drug-likeness (QED) is 0.553. The van der Waals surface area contributed by atoms with E-state index in [9.17, 15) is 19.5 Å². The van der Waals surface area contributed by atoms with E-state index in [4.69, 9.17) is 4.74 Å². The van der Waals surface area contributed by atoms with Gasteiger partial charge in [0.05, 0.1) is 0 Å². The Morgan fingerprint density at radius 2 is 1.60 bits per heavy atom. The largest absolute Gasteiger partial charge is 0.508 e. The second-order valence-electron chi connectivity index (χ2n) is 10.6. The number of benzene rings is 2. The van der Waals surface area contributed by atoms with E-state index in [1.54, 1.807) is 32.9 Å². The molecule has 0 radical (unpaired) electrons. The fourth-order valence-corrected chi connectivity index (χ4v) is 3.56. The highest BCUT2D eigenvalue weighted by Gasteiger charge is 2.35. The predicted octanol–water partition coefficient (Wildman–Crippen LogP) is 3.94. The molecule has 8 nitrogen and oxygen atoms in total. The first-order valence-electron chi connectivity index (χ1n) is 11.6. The standard InChI is InChI=1S/C27H37N3O5/c1-26(2,3)29-23(32)22(19-14-11-15-20(31)17-19)30(7)24(33)21(16-18-12-9-8-10-13-18)28-25(34)35-27(4,5)6/h8-15,17,21-22,31H,16H2,1-7H3,(H,28,34)(H,29,32). The van der Waals surface area contributed by atoms with Crippen molar-refractivity contribution in [2.24, 2.45) is 0 Å². The van der Waals surface area contributed by atoms with Crippen molar-refractivity contribution in [1.82, 2.24) is 15.5 Å². The van der Waals surface area contributed by atoms with Crippen LogP contribution in [0.4, 0.5) is 4.79 Å². The van der Waals surface area contributed by atoms with Gasteiger partial charge in [0, 0.05) is 19.0 Å². The Hall–Kier alpha value is -3.55. The second-order valence-corrected chi connectivity index (χ2v) is 10.6. The minimum atomic E-state index is -1.03. The molecular weight excluding hydrogens is 446 g/mol. The molecule has 35 heavy (non-hydrogen) atoms. The number of carbonyl (C=O) groups excluding carboxylic acids is 3. The van der Waals surface area contributed by atoms with Crippen LogP contribution in [0.1, 0.15) is 58.7 Å². The van der Waals surface area contributed by atoms with Crippen LogP contribution in [-0.2, 0) is 20.7 Å². The molecular formula is C27H37N3O5. The molecule has 0 spiro atoms. The Kier molecular flexibility index (Phi) is 8.90. The number of ether oxygens (including phenoxy) is 1. The highest BCUT2D eigenvalue weighted by atomic mass is 16.6. The number of hydrogen-bond donors (Lipinski definition) is 3. The van der Waals surface area contributed by atoms with Crippen LogP contribution in [0.3, 0.4) is 0 Å². The molecule has 0 aliphatic rings. The van der Waals surface area contributed by atoms with Gasteiger partial charge in [0.25, 0.3) is 0 Å². The van der Waals surface area contributed by atoms with Gasteiger partial charge in [-0.25, -0.2) is 4.79 Å². The van der Waals surface area contributed by atoms with E-state index in [1.165, 1.54) is 24.1 Å². The number of likely N-dealkylation sites (N-methyl/N-ethyl adjacent to an activating group) is 1. The van der Waals surface area contributed by atoms with E-state index >= 15 is 0 Å². The van der Waals surface area contributed by atoms with Gasteiger partial charge in [0.15, 0.2) is 0 Å². The zero-order valence-electron chi connectivity index (χ0n) is 21.6. The number of alkyl carbamates (subject to hydrolysis) is 1. The fourth-order valence-electron chi connectivity index (χ4n) is 3.56. The van der Waals surface area contributed by atoms with Crippen LogP contribution in [0, 0.1) is 0 Å². The molecule has 0 saturated carbocycles. The van der Waals surface area contributed by atoms with Crippen LogP contribution in [-0.4, -0.2) is 52.1 Å². The summed E-state index contributed by atoms with van der Waals surface area (Å²) >= 11 is 0. The molecule has 0 heterocycles. The van der Waals surface area contributed by atoms with E-state index in [-0.39, 0.29) is 12.2 Å². The Labute approximate surface area is 207 Å². The van der Waals surface area contributed by atoms with Crippen molar-refractivity contribution in [2.75, 3.05) is 7.05 Å². The Bertz CT molecular complexity index is 1030. The van der Waals surface area contributed by atoms with Crippen molar-refractivity contribution in [3.8, 4) is 5.75 Å². The lowest BCUT2D eigenvalue weighted by Crippen LogP contribution is -2.54. The Morgan fingerprint density at radius 3 is 2.14 bits per heavy atom. The molecule has 2 aromatic rings. The third-order valence-electron chi connectivity index (χ3n) is 4.94. The number of aromatic hydroxyl groups is 1. The van der Waals surface area contributed by atoms with Gasteiger partial charge in [-0.05, 0) is 64.8 Å². The van der Waals surface area contributed by atoms with Gasteiger partial charge < -0.3 is 25.4 Å². The van der Waals surface area contributed by atoms with Gasteiger partial charge in [0.2, 0.25) is 11.8 Å². The number of phenolic OH excluding ortho intramolecular Hbond substituents is 1. The van der Waals surface area contributed by atoms with Gasteiger partial charge >= 0.3 is 6.09 Å². The van der Waals surface area contributed by atoms with Gasteiger partial charge in [-0.15, -0.1) is 0 Å². The lowest BCUT2D eigenvalue weighted by Gasteiger charge is -2.33. The molecule has 0 saturated heterocycles. The minimum Gasteiger partial charge on any atom is -0.508 e. The number of nitrogens with one attached hydrogen (secondary N) is 2. The monoisotopic (exact) mass is 483 g/mol. The third-order valence-corrected chi connectivity index (χ3v) is 4.94. The maximum atomic E-state index is 13.7. The van der Waals surface area contributed by atoms with Crippen molar-refractivity contribution in [1.29, 1.82) is 0 Å². The maximum absolute atomic E-state index is 13.7. The summed E-state index contributed by atoms with van der Waals surface area (Å²) in [7, 11) is 1.51. The summed E-state index contributed by atoms with van der Waals surface area (Å²) in [5.74, 6) is -0.906. The number of hydrogen-bond acceptors (Lipinski definition) is 5. The lowest BCUT2D eigenvalue weighted by atomic mass is 9.99. The summed E-state index contributed by atoms with van der Waals surface area (Å²) in [4.78, 5) is 40.9. The number of phenols is 1. The van der Waals surface area contributed by atoms with Crippen molar-refractivity contribution in [3.63, 3.8) is 0 Å². The van der Waals surface area contributed by atoms with E-state index in [2.05, 4.69) is 10.6 Å². The van der Waals surface area contributed by atoms with Crippen LogP contribution >= 0.6 is 0 Å². The summed E-state index contributed by atoms with van der Waals surface area (Å²) < 4.78 is 5.38. The normalized spacial score (nSPS) is 13.3. The average molecular weight is 484 g/mol. The molecule has 0 fully saturated rings. The van der Waals surface area contributed by atoms with Crippen molar-refractivity contribution in [2.45, 2.75) is 71.2 Å². The molecule has 0 aliphatic carbocycles. The highest BCUT2D eigenvalue weighted by Crippen LogP contribution is 2.25. The van der Waals surface area contributed by atoms with Crippen LogP contribution in [0.25, 0.3) is 0 Å². The first kappa shape index (κ1) is 27.7. The molecule has 8 heteroatoms. The third kappa shape index (κ3) is 8.96. The number of nitrogens with zero attached hydrogens (tertiary/aromatic N) is 1. The predicted molar refractivity (Wildman–Crippen MR) is 135 cm³/mol. The van der Waals surface area contributed by atoms with E-state index in [0.717, 1.165) is 5.56 Å². The molecule has 0 aromatic heterocycles.